The Balaban J connectivity index is 1.97. The zero-order chi connectivity index (χ0) is 20.4. The molecule has 1 aromatic heterocycles. The first-order valence-corrected chi connectivity index (χ1v) is 9.79. The van der Waals surface area contributed by atoms with E-state index in [4.69, 9.17) is 11.6 Å². The number of nitrogens with zero attached hydrogens (tertiary/aromatic N) is 3. The predicted octanol–water partition coefficient (Wildman–Crippen LogP) is 5.73. The molecule has 1 heterocycles. The van der Waals surface area contributed by atoms with Gasteiger partial charge in [0.15, 0.2) is 5.69 Å². The van der Waals surface area contributed by atoms with Gasteiger partial charge in [0, 0.05) is 10.7 Å². The largest absolute Gasteiger partial charge is 0.320 e. The average molecular weight is 397 g/mol. The highest BCUT2D eigenvalue weighted by atomic mass is 35.5. The smallest absolute Gasteiger partial charge is 0.278 e. The molecular weight excluding hydrogens is 372 g/mol. The topological polar surface area (TPSA) is 59.8 Å². The molecule has 0 bridgehead atoms. The van der Waals surface area contributed by atoms with Crippen molar-refractivity contribution < 1.29 is 4.79 Å². The highest BCUT2D eigenvalue weighted by Crippen LogP contribution is 2.32. The Morgan fingerprint density at radius 2 is 1.64 bits per heavy atom. The number of hydrogen-bond acceptors (Lipinski definition) is 3. The lowest BCUT2D eigenvalue weighted by Crippen LogP contribution is -2.17. The number of carbonyl (C=O) groups is 1. The predicted molar refractivity (Wildman–Crippen MR) is 114 cm³/mol. The molecule has 3 rings (SSSR count). The molecule has 0 radical (unpaired) electrons. The van der Waals surface area contributed by atoms with Crippen LogP contribution in [-0.4, -0.2) is 20.9 Å². The third kappa shape index (κ3) is 3.94. The van der Waals surface area contributed by atoms with Crippen LogP contribution in [0.2, 0.25) is 5.02 Å². The standard InChI is InChI=1S/C22H25ClN4O/c1-13(2)18-10-7-11-19(14(3)4)21(18)24-22(28)20-15(5)27(26-25-20)17-9-6-8-16(23)12-17/h6-14H,1-5H3,(H,24,28). The molecule has 0 aliphatic heterocycles. The summed E-state index contributed by atoms with van der Waals surface area (Å²) in [5.41, 5.74) is 4.82. The van der Waals surface area contributed by atoms with Crippen LogP contribution in [0.4, 0.5) is 5.69 Å². The van der Waals surface area contributed by atoms with E-state index >= 15 is 0 Å². The first-order chi connectivity index (χ1) is 13.3. The van der Waals surface area contributed by atoms with Crippen molar-refractivity contribution in [3.63, 3.8) is 0 Å². The van der Waals surface area contributed by atoms with E-state index < -0.39 is 0 Å². The van der Waals surface area contributed by atoms with Gasteiger partial charge in [0.25, 0.3) is 5.91 Å². The van der Waals surface area contributed by atoms with Crippen molar-refractivity contribution in [2.24, 2.45) is 0 Å². The number of carbonyl (C=O) groups excluding carboxylic acids is 1. The van der Waals surface area contributed by atoms with Gasteiger partial charge >= 0.3 is 0 Å². The Kier molecular flexibility index (Phi) is 5.84. The monoisotopic (exact) mass is 396 g/mol. The molecular formula is C22H25ClN4O. The van der Waals surface area contributed by atoms with Crippen LogP contribution >= 0.6 is 11.6 Å². The normalized spacial score (nSPS) is 11.3. The van der Waals surface area contributed by atoms with Crippen LogP contribution < -0.4 is 5.32 Å². The fourth-order valence-corrected chi connectivity index (χ4v) is 3.44. The van der Waals surface area contributed by atoms with Gasteiger partial charge in [0.2, 0.25) is 0 Å². The number of nitrogens with one attached hydrogen (secondary N) is 1. The lowest BCUT2D eigenvalue weighted by atomic mass is 9.92. The summed E-state index contributed by atoms with van der Waals surface area (Å²) in [6.45, 7) is 10.3. The molecule has 0 saturated carbocycles. The van der Waals surface area contributed by atoms with Crippen molar-refractivity contribution in [1.29, 1.82) is 0 Å². The summed E-state index contributed by atoms with van der Waals surface area (Å²) >= 11 is 6.08. The maximum absolute atomic E-state index is 13.0. The van der Waals surface area contributed by atoms with Gasteiger partial charge < -0.3 is 5.32 Å². The molecule has 0 spiro atoms. The second-order valence-electron chi connectivity index (χ2n) is 7.49. The van der Waals surface area contributed by atoms with Crippen LogP contribution in [0.5, 0.6) is 0 Å². The van der Waals surface area contributed by atoms with Crippen molar-refractivity contribution in [3.05, 3.63) is 70.0 Å². The SMILES string of the molecule is Cc1c(C(=O)Nc2c(C(C)C)cccc2C(C)C)nnn1-c1cccc(Cl)c1. The number of anilines is 1. The molecule has 0 atom stereocenters. The van der Waals surface area contributed by atoms with E-state index in [2.05, 4.69) is 55.5 Å². The number of hydrogen-bond donors (Lipinski definition) is 1. The molecule has 0 saturated heterocycles. The number of halogens is 1. The molecule has 28 heavy (non-hydrogen) atoms. The fraction of sp³-hybridized carbons (Fsp3) is 0.318. The lowest BCUT2D eigenvalue weighted by molar-refractivity contribution is 0.102. The molecule has 146 valence electrons. The van der Waals surface area contributed by atoms with E-state index in [1.165, 1.54) is 0 Å². The summed E-state index contributed by atoms with van der Waals surface area (Å²) in [7, 11) is 0. The first-order valence-electron chi connectivity index (χ1n) is 9.42. The Morgan fingerprint density at radius 3 is 2.21 bits per heavy atom. The third-order valence-electron chi connectivity index (χ3n) is 4.77. The summed E-state index contributed by atoms with van der Waals surface area (Å²) in [6, 6.07) is 13.5. The van der Waals surface area contributed by atoms with E-state index in [0.29, 0.717) is 16.4 Å². The minimum Gasteiger partial charge on any atom is -0.320 e. The van der Waals surface area contributed by atoms with Gasteiger partial charge in [-0.1, -0.05) is 68.8 Å². The Bertz CT molecular complexity index is 981. The lowest BCUT2D eigenvalue weighted by Gasteiger charge is -2.19. The third-order valence-corrected chi connectivity index (χ3v) is 5.01. The highest BCUT2D eigenvalue weighted by Gasteiger charge is 2.21. The number of aromatic nitrogens is 3. The maximum atomic E-state index is 13.0. The molecule has 3 aromatic rings. The molecule has 0 aliphatic rings. The van der Waals surface area contributed by atoms with Crippen LogP contribution in [0.3, 0.4) is 0 Å². The van der Waals surface area contributed by atoms with Gasteiger partial charge in [-0.25, -0.2) is 4.68 Å². The van der Waals surface area contributed by atoms with Crippen molar-refractivity contribution in [1.82, 2.24) is 15.0 Å². The molecule has 6 heteroatoms. The fourth-order valence-electron chi connectivity index (χ4n) is 3.26. The van der Waals surface area contributed by atoms with Gasteiger partial charge in [0.05, 0.1) is 11.4 Å². The molecule has 2 aromatic carbocycles. The zero-order valence-corrected chi connectivity index (χ0v) is 17.6. The number of amides is 1. The number of benzene rings is 2. The molecule has 1 N–H and O–H groups in total. The summed E-state index contributed by atoms with van der Waals surface area (Å²) in [4.78, 5) is 13.0. The quantitative estimate of drug-likeness (QED) is 0.599. The van der Waals surface area contributed by atoms with Crippen molar-refractivity contribution in [2.45, 2.75) is 46.5 Å². The van der Waals surface area contributed by atoms with Gasteiger partial charge in [-0.05, 0) is 48.1 Å². The second kappa shape index (κ2) is 8.15. The van der Waals surface area contributed by atoms with Crippen molar-refractivity contribution >= 4 is 23.2 Å². The molecule has 5 nitrogen and oxygen atoms in total. The van der Waals surface area contributed by atoms with Crippen molar-refractivity contribution in [2.75, 3.05) is 5.32 Å². The second-order valence-corrected chi connectivity index (χ2v) is 7.93. The average Bonchev–Trinajstić information content (AvgIpc) is 3.03. The van der Waals surface area contributed by atoms with E-state index in [9.17, 15) is 4.79 Å². The van der Waals surface area contributed by atoms with Gasteiger partial charge in [-0.2, -0.15) is 0 Å². The van der Waals surface area contributed by atoms with Gasteiger partial charge in [-0.3, -0.25) is 4.79 Å². The van der Waals surface area contributed by atoms with Crippen LogP contribution in [0.15, 0.2) is 42.5 Å². The maximum Gasteiger partial charge on any atom is 0.278 e. The van der Waals surface area contributed by atoms with Crippen LogP contribution in [0, 0.1) is 6.92 Å². The van der Waals surface area contributed by atoms with E-state index in [-0.39, 0.29) is 17.7 Å². The Labute approximate surface area is 170 Å². The highest BCUT2D eigenvalue weighted by molar-refractivity contribution is 6.30. The number of para-hydroxylation sites is 1. The summed E-state index contributed by atoms with van der Waals surface area (Å²) < 4.78 is 1.62. The summed E-state index contributed by atoms with van der Waals surface area (Å²) in [5, 5.41) is 12.0. The molecule has 1 amide bonds. The molecule has 0 fully saturated rings. The van der Waals surface area contributed by atoms with Gasteiger partial charge in [0.1, 0.15) is 0 Å². The Morgan fingerprint density at radius 1 is 1.04 bits per heavy atom. The van der Waals surface area contributed by atoms with Crippen LogP contribution in [0.1, 0.15) is 66.8 Å². The van der Waals surface area contributed by atoms with E-state index in [0.717, 1.165) is 22.5 Å². The Hall–Kier alpha value is -2.66. The van der Waals surface area contributed by atoms with Gasteiger partial charge in [-0.15, -0.1) is 5.10 Å². The summed E-state index contributed by atoms with van der Waals surface area (Å²) in [6.07, 6.45) is 0. The van der Waals surface area contributed by atoms with Crippen LogP contribution in [-0.2, 0) is 0 Å². The van der Waals surface area contributed by atoms with E-state index in [1.54, 1.807) is 16.8 Å². The minimum absolute atomic E-state index is 0.263. The van der Waals surface area contributed by atoms with Crippen LogP contribution in [0.25, 0.3) is 5.69 Å². The zero-order valence-electron chi connectivity index (χ0n) is 16.8. The first kappa shape index (κ1) is 20.1. The molecule has 0 unspecified atom stereocenters. The summed E-state index contributed by atoms with van der Waals surface area (Å²) in [5.74, 6) is 0.315. The number of rotatable bonds is 5. The van der Waals surface area contributed by atoms with Crippen molar-refractivity contribution in [3.8, 4) is 5.69 Å². The van der Waals surface area contributed by atoms with E-state index in [1.807, 2.05) is 25.1 Å². The minimum atomic E-state index is -0.263. The molecule has 0 aliphatic carbocycles.